The Morgan fingerprint density at radius 1 is 1.44 bits per heavy atom. The predicted molar refractivity (Wildman–Crippen MR) is 81.6 cm³/mol. The topological polar surface area (TPSA) is 20.3 Å². The average molecular weight is 349 g/mol. The van der Waals surface area contributed by atoms with E-state index in [1.54, 1.807) is 12.1 Å². The van der Waals surface area contributed by atoms with Gasteiger partial charge in [0.05, 0.1) is 0 Å². The number of carbonyl (C=O) groups excluding carboxylic acids is 1. The van der Waals surface area contributed by atoms with E-state index in [0.29, 0.717) is 15.8 Å². The summed E-state index contributed by atoms with van der Waals surface area (Å²) in [4.78, 5) is 14.4. The highest BCUT2D eigenvalue weighted by Gasteiger charge is 2.29. The lowest BCUT2D eigenvalue weighted by Crippen LogP contribution is -2.47. The molecule has 1 amide bonds. The van der Waals surface area contributed by atoms with Crippen LogP contribution < -0.4 is 0 Å². The highest BCUT2D eigenvalue weighted by molar-refractivity contribution is 9.10. The maximum Gasteiger partial charge on any atom is 0.254 e. The molecule has 2 rings (SSSR count). The van der Waals surface area contributed by atoms with Crippen molar-refractivity contribution in [3.05, 3.63) is 33.3 Å². The van der Waals surface area contributed by atoms with Crippen LogP contribution >= 0.6 is 39.3 Å². The number of rotatable bonds is 1. The summed E-state index contributed by atoms with van der Waals surface area (Å²) >= 11 is 11.3. The lowest BCUT2D eigenvalue weighted by atomic mass is 10.1. The molecule has 1 heterocycles. The van der Waals surface area contributed by atoms with E-state index in [1.807, 2.05) is 22.7 Å². The molecule has 98 valence electrons. The molecule has 5 heteroatoms. The van der Waals surface area contributed by atoms with Gasteiger partial charge in [-0.2, -0.15) is 11.8 Å². The van der Waals surface area contributed by atoms with Crippen molar-refractivity contribution < 1.29 is 4.79 Å². The Labute approximate surface area is 125 Å². The van der Waals surface area contributed by atoms with Gasteiger partial charge >= 0.3 is 0 Å². The van der Waals surface area contributed by atoms with Crippen LogP contribution in [0.1, 0.15) is 24.2 Å². The highest BCUT2D eigenvalue weighted by Crippen LogP contribution is 2.27. The first kappa shape index (κ1) is 14.2. The molecule has 1 fully saturated rings. The Balaban J connectivity index is 2.24. The Bertz CT molecular complexity index is 448. The zero-order valence-corrected chi connectivity index (χ0v) is 13.5. The van der Waals surface area contributed by atoms with Gasteiger partial charge in [0.15, 0.2) is 0 Å². The number of nitrogens with zero attached hydrogens (tertiary/aromatic N) is 1. The fourth-order valence-electron chi connectivity index (χ4n) is 2.06. The minimum Gasteiger partial charge on any atom is -0.334 e. The summed E-state index contributed by atoms with van der Waals surface area (Å²) in [5, 5.41) is 1.06. The van der Waals surface area contributed by atoms with E-state index < -0.39 is 0 Å². The van der Waals surface area contributed by atoms with E-state index in [0.717, 1.165) is 16.8 Å². The molecule has 0 N–H and O–H groups in total. The third-order valence-corrected chi connectivity index (χ3v) is 5.27. The average Bonchev–Trinajstić information content (AvgIpc) is 2.30. The zero-order valence-electron chi connectivity index (χ0n) is 10.3. The van der Waals surface area contributed by atoms with Crippen LogP contribution in [0.15, 0.2) is 22.7 Å². The number of benzene rings is 1. The molecule has 1 aliphatic heterocycles. The van der Waals surface area contributed by atoms with Crippen molar-refractivity contribution in [1.29, 1.82) is 0 Å². The molecular weight excluding hydrogens is 334 g/mol. The summed E-state index contributed by atoms with van der Waals surface area (Å²) in [6.45, 7) is 5.08. The van der Waals surface area contributed by atoms with Crippen LogP contribution in [0, 0.1) is 0 Å². The standard InChI is InChI=1S/C13H15BrClNOS/c1-8-9(2)18-4-3-16(8)13(17)10-5-11(14)7-12(15)6-10/h5-9H,3-4H2,1-2H3. The Morgan fingerprint density at radius 2 is 2.17 bits per heavy atom. The molecule has 2 unspecified atom stereocenters. The molecule has 1 saturated heterocycles. The van der Waals surface area contributed by atoms with E-state index in [4.69, 9.17) is 11.6 Å². The van der Waals surface area contributed by atoms with E-state index in [1.165, 1.54) is 0 Å². The van der Waals surface area contributed by atoms with Crippen molar-refractivity contribution in [1.82, 2.24) is 4.90 Å². The van der Waals surface area contributed by atoms with Gasteiger partial charge in [0, 0.05) is 38.6 Å². The molecule has 0 saturated carbocycles. The van der Waals surface area contributed by atoms with Gasteiger partial charge < -0.3 is 4.90 Å². The highest BCUT2D eigenvalue weighted by atomic mass is 79.9. The summed E-state index contributed by atoms with van der Waals surface area (Å²) in [6.07, 6.45) is 0. The number of carbonyl (C=O) groups is 1. The third-order valence-electron chi connectivity index (χ3n) is 3.25. The zero-order chi connectivity index (χ0) is 13.3. The van der Waals surface area contributed by atoms with Gasteiger partial charge in [-0.15, -0.1) is 0 Å². The molecule has 0 spiro atoms. The monoisotopic (exact) mass is 347 g/mol. The van der Waals surface area contributed by atoms with Crippen LogP contribution in [0.5, 0.6) is 0 Å². The molecule has 2 nitrogen and oxygen atoms in total. The summed E-state index contributed by atoms with van der Waals surface area (Å²) in [5.74, 6) is 1.07. The van der Waals surface area contributed by atoms with Crippen molar-refractivity contribution >= 4 is 45.2 Å². The van der Waals surface area contributed by atoms with Gasteiger partial charge in [0.1, 0.15) is 0 Å². The second-order valence-corrected chi connectivity index (χ2v) is 7.31. The van der Waals surface area contributed by atoms with Gasteiger partial charge in [-0.05, 0) is 25.1 Å². The fourth-order valence-corrected chi connectivity index (χ4v) is 4.02. The quantitative estimate of drug-likeness (QED) is 0.762. The Morgan fingerprint density at radius 3 is 2.83 bits per heavy atom. The first-order valence-electron chi connectivity index (χ1n) is 5.87. The second kappa shape index (κ2) is 5.85. The van der Waals surface area contributed by atoms with Gasteiger partial charge in [-0.25, -0.2) is 0 Å². The maximum absolute atomic E-state index is 12.5. The molecule has 18 heavy (non-hydrogen) atoms. The summed E-state index contributed by atoms with van der Waals surface area (Å²) < 4.78 is 0.838. The van der Waals surface area contributed by atoms with E-state index >= 15 is 0 Å². The van der Waals surface area contributed by atoms with Crippen molar-refractivity contribution in [2.75, 3.05) is 12.3 Å². The van der Waals surface area contributed by atoms with Crippen LogP contribution in [-0.2, 0) is 0 Å². The minimum absolute atomic E-state index is 0.0675. The maximum atomic E-state index is 12.5. The largest absolute Gasteiger partial charge is 0.334 e. The molecule has 0 aromatic heterocycles. The molecule has 0 aliphatic carbocycles. The predicted octanol–water partition coefficient (Wildman–Crippen LogP) is 4.07. The number of hydrogen-bond acceptors (Lipinski definition) is 2. The second-order valence-electron chi connectivity index (χ2n) is 4.47. The van der Waals surface area contributed by atoms with Crippen molar-refractivity contribution in [2.45, 2.75) is 25.1 Å². The van der Waals surface area contributed by atoms with Gasteiger partial charge in [0.25, 0.3) is 5.91 Å². The number of hydrogen-bond donors (Lipinski definition) is 0. The summed E-state index contributed by atoms with van der Waals surface area (Å²) in [5.41, 5.74) is 0.653. The lowest BCUT2D eigenvalue weighted by Gasteiger charge is -2.37. The summed E-state index contributed by atoms with van der Waals surface area (Å²) in [6, 6.07) is 5.60. The van der Waals surface area contributed by atoms with E-state index in [2.05, 4.69) is 29.8 Å². The molecular formula is C13H15BrClNOS. The molecule has 2 atom stereocenters. The number of halogens is 2. The molecule has 1 aromatic rings. The van der Waals surface area contributed by atoms with Gasteiger partial charge in [-0.3, -0.25) is 4.79 Å². The van der Waals surface area contributed by atoms with Crippen LogP contribution in [-0.4, -0.2) is 34.4 Å². The normalized spacial score (nSPS) is 24.1. The van der Waals surface area contributed by atoms with E-state index in [9.17, 15) is 4.79 Å². The Kier molecular flexibility index (Phi) is 4.62. The smallest absolute Gasteiger partial charge is 0.254 e. The van der Waals surface area contributed by atoms with Crippen molar-refractivity contribution in [3.63, 3.8) is 0 Å². The third kappa shape index (κ3) is 3.03. The van der Waals surface area contributed by atoms with E-state index in [-0.39, 0.29) is 11.9 Å². The van der Waals surface area contributed by atoms with Gasteiger partial charge in [-0.1, -0.05) is 34.5 Å². The van der Waals surface area contributed by atoms with Crippen LogP contribution in [0.4, 0.5) is 0 Å². The van der Waals surface area contributed by atoms with Gasteiger partial charge in [0.2, 0.25) is 0 Å². The fraction of sp³-hybridized carbons (Fsp3) is 0.462. The minimum atomic E-state index is 0.0675. The number of amides is 1. The number of thioether (sulfide) groups is 1. The molecule has 0 radical (unpaired) electrons. The lowest BCUT2D eigenvalue weighted by molar-refractivity contribution is 0.0698. The molecule has 1 aliphatic rings. The van der Waals surface area contributed by atoms with Crippen molar-refractivity contribution in [2.24, 2.45) is 0 Å². The van der Waals surface area contributed by atoms with Crippen molar-refractivity contribution in [3.8, 4) is 0 Å². The molecule has 0 bridgehead atoms. The SMILES string of the molecule is CC1SCCN(C(=O)c2cc(Cl)cc(Br)c2)C1C. The first-order valence-corrected chi connectivity index (χ1v) is 8.09. The first-order chi connectivity index (χ1) is 8.49. The van der Waals surface area contributed by atoms with Crippen LogP contribution in [0.25, 0.3) is 0 Å². The summed E-state index contributed by atoms with van der Waals surface area (Å²) in [7, 11) is 0. The van der Waals surface area contributed by atoms with Crippen LogP contribution in [0.2, 0.25) is 5.02 Å². The molecule has 1 aromatic carbocycles. The van der Waals surface area contributed by atoms with Crippen LogP contribution in [0.3, 0.4) is 0 Å². The Hall–Kier alpha value is -0.190.